The summed E-state index contributed by atoms with van der Waals surface area (Å²) in [6, 6.07) is 6.70. The summed E-state index contributed by atoms with van der Waals surface area (Å²) >= 11 is 12.3. The predicted molar refractivity (Wildman–Crippen MR) is 180 cm³/mol. The third-order valence-corrected chi connectivity index (χ3v) is 7.74. The van der Waals surface area contributed by atoms with Gasteiger partial charge in [0.05, 0.1) is 34.0 Å². The molecule has 4 rings (SSSR count). The van der Waals surface area contributed by atoms with Crippen LogP contribution in [0, 0.1) is 0 Å². The molecule has 2 heterocycles. The van der Waals surface area contributed by atoms with Crippen LogP contribution in [0.15, 0.2) is 50.5 Å². The molecule has 2 aromatic heterocycles. The van der Waals surface area contributed by atoms with E-state index in [0.717, 1.165) is 16.8 Å². The first-order valence-corrected chi connectivity index (χ1v) is 16.6. The van der Waals surface area contributed by atoms with Crippen LogP contribution in [0.4, 0.5) is 16.7 Å². The summed E-state index contributed by atoms with van der Waals surface area (Å²) in [5.41, 5.74) is -0.499. The average Bonchev–Trinajstić information content (AvgIpc) is 3.40. The first-order chi connectivity index (χ1) is 22.9. The lowest BCUT2D eigenvalue weighted by Crippen LogP contribution is -2.35. The number of carboxylic acid groups (broad SMARTS) is 1. The van der Waals surface area contributed by atoms with Crippen molar-refractivity contribution >= 4 is 57.1 Å². The molecule has 2 amide bonds. The Hall–Kier alpha value is -4.94. The molecule has 4 aromatic rings. The van der Waals surface area contributed by atoms with E-state index >= 15 is 0 Å². The number of rotatable bonds is 10. The van der Waals surface area contributed by atoms with Crippen LogP contribution in [0.25, 0.3) is 5.69 Å². The third-order valence-electron chi connectivity index (χ3n) is 5.75. The first-order valence-electron chi connectivity index (χ1n) is 14.4. The van der Waals surface area contributed by atoms with E-state index in [1.807, 2.05) is 34.6 Å². The number of aromatic nitrogens is 5. The van der Waals surface area contributed by atoms with Crippen molar-refractivity contribution in [3.63, 3.8) is 0 Å². The second kappa shape index (κ2) is 16.0. The molecule has 0 aliphatic carbocycles. The number of nitrogens with one attached hydrogen (secondary N) is 3. The van der Waals surface area contributed by atoms with Gasteiger partial charge in [0.15, 0.2) is 0 Å². The SMILES string of the molecule is CC(C)Oc1cc(-n2nc(C(C)(C)C)oc2=O)c(Cl)cc1Cl.CCOc1nc(NC)nc(NC(=O)NS(=O)(=O)c2ccccc2C(=O)O)n1. The molecule has 0 spiro atoms. The summed E-state index contributed by atoms with van der Waals surface area (Å²) in [4.78, 5) is 46.3. The van der Waals surface area contributed by atoms with Crippen LogP contribution < -0.4 is 30.6 Å². The van der Waals surface area contributed by atoms with Crippen molar-refractivity contribution < 1.29 is 37.0 Å². The number of benzene rings is 2. The Bertz CT molecular complexity index is 1990. The van der Waals surface area contributed by atoms with Crippen LogP contribution in [0.3, 0.4) is 0 Å². The van der Waals surface area contributed by atoms with E-state index < -0.39 is 38.2 Å². The number of hydrogen-bond acceptors (Lipinski definition) is 13. The maximum atomic E-state index is 12.3. The van der Waals surface area contributed by atoms with Gasteiger partial charge in [-0.25, -0.2) is 27.5 Å². The van der Waals surface area contributed by atoms with Crippen LogP contribution in [-0.2, 0) is 15.4 Å². The number of amides is 2. The highest BCUT2D eigenvalue weighted by Crippen LogP contribution is 2.33. The van der Waals surface area contributed by atoms with Gasteiger partial charge in [0.2, 0.25) is 17.8 Å². The summed E-state index contributed by atoms with van der Waals surface area (Å²) in [7, 11) is -2.92. The molecule has 264 valence electrons. The molecule has 0 radical (unpaired) electrons. The molecule has 4 N–H and O–H groups in total. The van der Waals surface area contributed by atoms with Crippen LogP contribution >= 0.6 is 23.2 Å². The van der Waals surface area contributed by atoms with Gasteiger partial charge in [-0.05, 0) is 39.0 Å². The lowest BCUT2D eigenvalue weighted by Gasteiger charge is -2.13. The Morgan fingerprint density at radius 2 is 1.71 bits per heavy atom. The van der Waals surface area contributed by atoms with Gasteiger partial charge >= 0.3 is 23.8 Å². The highest BCUT2D eigenvalue weighted by Gasteiger charge is 2.26. The van der Waals surface area contributed by atoms with Crippen LogP contribution in [0.2, 0.25) is 10.0 Å². The fourth-order valence-corrected chi connectivity index (χ4v) is 5.27. The number of carboxylic acids is 1. The Kier molecular flexibility index (Phi) is 12.6. The van der Waals surface area contributed by atoms with E-state index in [4.69, 9.17) is 42.2 Å². The van der Waals surface area contributed by atoms with E-state index in [-0.39, 0.29) is 41.1 Å². The number of carbonyl (C=O) groups excluding carboxylic acids is 1. The number of nitrogens with zero attached hydrogens (tertiary/aromatic N) is 5. The number of aromatic carboxylic acids is 1. The van der Waals surface area contributed by atoms with Gasteiger partial charge in [-0.2, -0.15) is 19.6 Å². The van der Waals surface area contributed by atoms with Crippen molar-refractivity contribution in [2.75, 3.05) is 24.3 Å². The van der Waals surface area contributed by atoms with E-state index in [1.54, 1.807) is 17.7 Å². The van der Waals surface area contributed by atoms with E-state index in [1.165, 1.54) is 25.2 Å². The van der Waals surface area contributed by atoms with Crippen molar-refractivity contribution in [3.8, 4) is 17.4 Å². The molecule has 0 saturated carbocycles. The molecule has 49 heavy (non-hydrogen) atoms. The number of halogens is 2. The second-order valence-electron chi connectivity index (χ2n) is 11.0. The Morgan fingerprint density at radius 3 is 2.29 bits per heavy atom. The predicted octanol–water partition coefficient (Wildman–Crippen LogP) is 4.74. The molecule has 0 fully saturated rings. The minimum atomic E-state index is -4.45. The standard InChI is InChI=1S/C15H18Cl2N2O3.C14H16N6O6S/c1-8(2)21-12-7-11(9(16)6-10(12)17)19-14(20)22-13(18-19)15(3,4)5;1-3-26-14-18-11(15-2)16-12(19-14)17-13(23)20-27(24,25)9-7-5-4-6-8(9)10(21)22/h6-8H,1-5H3;4-7H,3H2,1-2H3,(H,21,22)(H3,15,16,17,18,19,20,23). The third kappa shape index (κ3) is 10.3. The van der Waals surface area contributed by atoms with E-state index in [9.17, 15) is 22.8 Å². The van der Waals surface area contributed by atoms with Gasteiger partial charge in [0.1, 0.15) is 10.6 Å². The number of carbonyl (C=O) groups is 2. The fourth-order valence-electron chi connectivity index (χ4n) is 3.66. The van der Waals surface area contributed by atoms with E-state index in [0.29, 0.717) is 22.4 Å². The molecule has 2 aromatic carbocycles. The zero-order valence-corrected chi connectivity index (χ0v) is 29.7. The van der Waals surface area contributed by atoms with Crippen molar-refractivity contribution in [3.05, 3.63) is 68.4 Å². The monoisotopic (exact) mass is 740 g/mol. The van der Waals surface area contributed by atoms with Crippen molar-refractivity contribution in [2.24, 2.45) is 0 Å². The Balaban J connectivity index is 0.000000271. The van der Waals surface area contributed by atoms with Gasteiger partial charge in [-0.1, -0.05) is 56.1 Å². The Labute approximate surface area is 291 Å². The van der Waals surface area contributed by atoms with Crippen molar-refractivity contribution in [1.82, 2.24) is 29.5 Å². The molecular formula is C29H34Cl2N8O9S. The van der Waals surface area contributed by atoms with Gasteiger partial charge < -0.3 is 24.3 Å². The van der Waals surface area contributed by atoms with Crippen molar-refractivity contribution in [1.29, 1.82) is 0 Å². The lowest BCUT2D eigenvalue weighted by molar-refractivity contribution is 0.0692. The van der Waals surface area contributed by atoms with Gasteiger partial charge in [0, 0.05) is 18.5 Å². The second-order valence-corrected chi connectivity index (χ2v) is 13.5. The smallest absolute Gasteiger partial charge is 0.442 e. The highest BCUT2D eigenvalue weighted by atomic mass is 35.5. The van der Waals surface area contributed by atoms with Crippen LogP contribution in [-0.4, -0.2) is 70.0 Å². The minimum absolute atomic E-state index is 0.0642. The molecule has 20 heteroatoms. The first kappa shape index (κ1) is 38.5. The molecule has 0 aliphatic rings. The number of sulfonamides is 1. The van der Waals surface area contributed by atoms with Gasteiger partial charge in [0.25, 0.3) is 10.0 Å². The zero-order chi connectivity index (χ0) is 36.7. The molecule has 17 nitrogen and oxygen atoms in total. The summed E-state index contributed by atoms with van der Waals surface area (Å²) < 4.78 is 43.4. The van der Waals surface area contributed by atoms with Gasteiger partial charge in [-0.15, -0.1) is 5.10 Å². The molecular weight excluding hydrogens is 707 g/mol. The molecule has 0 aliphatic heterocycles. The largest absolute Gasteiger partial charge is 0.489 e. The van der Waals surface area contributed by atoms with Crippen LogP contribution in [0.5, 0.6) is 11.8 Å². The molecule has 0 bridgehead atoms. The number of ether oxygens (including phenoxy) is 2. The summed E-state index contributed by atoms with van der Waals surface area (Å²) in [6.07, 6.45) is -0.0642. The lowest BCUT2D eigenvalue weighted by atomic mass is 9.97. The number of urea groups is 1. The summed E-state index contributed by atoms with van der Waals surface area (Å²) in [5, 5.41) is 18.7. The molecule has 0 saturated heterocycles. The van der Waals surface area contributed by atoms with E-state index in [2.05, 4.69) is 30.7 Å². The number of hydrogen-bond donors (Lipinski definition) is 4. The quantitative estimate of drug-likeness (QED) is 0.172. The highest BCUT2D eigenvalue weighted by molar-refractivity contribution is 7.90. The minimum Gasteiger partial charge on any atom is -0.489 e. The number of anilines is 2. The normalized spacial score (nSPS) is 11.3. The topological polar surface area (TPSA) is 230 Å². The Morgan fingerprint density at radius 1 is 1.06 bits per heavy atom. The maximum absolute atomic E-state index is 12.3. The molecule has 0 unspecified atom stereocenters. The van der Waals surface area contributed by atoms with Crippen LogP contribution in [0.1, 0.15) is 57.8 Å². The summed E-state index contributed by atoms with van der Waals surface area (Å²) in [6.45, 7) is 11.4. The maximum Gasteiger partial charge on any atom is 0.442 e. The molecule has 0 atom stereocenters. The average molecular weight is 742 g/mol. The van der Waals surface area contributed by atoms with Crippen molar-refractivity contribution in [2.45, 2.75) is 58.0 Å². The fraction of sp³-hybridized carbons (Fsp3) is 0.345. The summed E-state index contributed by atoms with van der Waals surface area (Å²) in [5.74, 6) is -1.48. The zero-order valence-electron chi connectivity index (χ0n) is 27.4. The van der Waals surface area contributed by atoms with Gasteiger partial charge in [-0.3, -0.25) is 5.32 Å².